The van der Waals surface area contributed by atoms with Crippen LogP contribution in [0.5, 0.6) is 0 Å². The van der Waals surface area contributed by atoms with E-state index in [1.165, 1.54) is 25.7 Å². The van der Waals surface area contributed by atoms with E-state index in [2.05, 4.69) is 26.1 Å². The van der Waals surface area contributed by atoms with Gasteiger partial charge in [0, 0.05) is 6.04 Å². The second-order valence-electron chi connectivity index (χ2n) is 5.41. The van der Waals surface area contributed by atoms with Gasteiger partial charge in [0.1, 0.15) is 0 Å². The molecule has 76 valence electrons. The van der Waals surface area contributed by atoms with Gasteiger partial charge in [-0.05, 0) is 36.6 Å². The average Bonchev–Trinajstić information content (AvgIpc) is 2.14. The highest BCUT2D eigenvalue weighted by molar-refractivity contribution is 5.08. The maximum Gasteiger partial charge on any atom is 0.0152 e. The molecule has 1 N–H and O–H groups in total. The molecule has 13 heavy (non-hydrogen) atoms. The highest BCUT2D eigenvalue weighted by Gasteiger charge is 2.55. The van der Waals surface area contributed by atoms with Gasteiger partial charge in [-0.3, -0.25) is 0 Å². The summed E-state index contributed by atoms with van der Waals surface area (Å²) in [5.74, 6) is 2.02. The monoisotopic (exact) mass is 181 g/mol. The SMILES string of the molecule is CCNC1C2CCCCC2C1(C)C. The van der Waals surface area contributed by atoms with E-state index in [0.29, 0.717) is 5.41 Å². The Labute approximate surface area is 82.3 Å². The average molecular weight is 181 g/mol. The van der Waals surface area contributed by atoms with E-state index in [1.807, 2.05) is 0 Å². The lowest BCUT2D eigenvalue weighted by molar-refractivity contribution is -0.0866. The molecule has 3 unspecified atom stereocenters. The molecule has 2 saturated carbocycles. The van der Waals surface area contributed by atoms with Crippen molar-refractivity contribution in [3.05, 3.63) is 0 Å². The molecule has 0 amide bonds. The number of nitrogens with one attached hydrogen (secondary N) is 1. The summed E-state index contributed by atoms with van der Waals surface area (Å²) in [5.41, 5.74) is 0.571. The van der Waals surface area contributed by atoms with Gasteiger partial charge in [0.25, 0.3) is 0 Å². The third-order valence-electron chi connectivity index (χ3n) is 4.43. The van der Waals surface area contributed by atoms with Crippen LogP contribution < -0.4 is 5.32 Å². The maximum atomic E-state index is 3.67. The molecule has 0 saturated heterocycles. The van der Waals surface area contributed by atoms with Crippen LogP contribution in [0.25, 0.3) is 0 Å². The molecule has 0 spiro atoms. The molecule has 2 aliphatic rings. The lowest BCUT2D eigenvalue weighted by atomic mass is 9.48. The number of rotatable bonds is 2. The van der Waals surface area contributed by atoms with Gasteiger partial charge in [-0.25, -0.2) is 0 Å². The highest BCUT2D eigenvalue weighted by atomic mass is 15.0. The molecule has 3 atom stereocenters. The summed E-state index contributed by atoms with van der Waals surface area (Å²) in [5, 5.41) is 3.67. The first-order chi connectivity index (χ1) is 6.18. The second-order valence-corrected chi connectivity index (χ2v) is 5.41. The quantitative estimate of drug-likeness (QED) is 0.690. The van der Waals surface area contributed by atoms with Crippen molar-refractivity contribution in [3.8, 4) is 0 Å². The minimum absolute atomic E-state index is 0.571. The summed E-state index contributed by atoms with van der Waals surface area (Å²) in [6.45, 7) is 8.27. The van der Waals surface area contributed by atoms with Crippen LogP contribution in [-0.4, -0.2) is 12.6 Å². The molecule has 0 aromatic rings. The lowest BCUT2D eigenvalue weighted by Crippen LogP contribution is -2.64. The Kier molecular flexibility index (Phi) is 2.39. The molecule has 0 aliphatic heterocycles. The molecule has 0 aromatic heterocycles. The van der Waals surface area contributed by atoms with Gasteiger partial charge < -0.3 is 5.32 Å². The minimum Gasteiger partial charge on any atom is -0.313 e. The van der Waals surface area contributed by atoms with Crippen molar-refractivity contribution in [1.29, 1.82) is 0 Å². The first-order valence-corrected chi connectivity index (χ1v) is 5.91. The smallest absolute Gasteiger partial charge is 0.0152 e. The summed E-state index contributed by atoms with van der Waals surface area (Å²) in [4.78, 5) is 0. The van der Waals surface area contributed by atoms with E-state index >= 15 is 0 Å². The zero-order valence-corrected chi connectivity index (χ0v) is 9.27. The van der Waals surface area contributed by atoms with Crippen molar-refractivity contribution in [2.24, 2.45) is 17.3 Å². The molecular formula is C12H23N. The number of hydrogen-bond donors (Lipinski definition) is 1. The summed E-state index contributed by atoms with van der Waals surface area (Å²) in [6.07, 6.45) is 5.91. The highest BCUT2D eigenvalue weighted by Crippen LogP contribution is 2.56. The molecule has 2 rings (SSSR count). The van der Waals surface area contributed by atoms with E-state index in [-0.39, 0.29) is 0 Å². The third kappa shape index (κ3) is 1.32. The normalized spacial score (nSPS) is 42.2. The Balaban J connectivity index is 2.03. The summed E-state index contributed by atoms with van der Waals surface area (Å²) >= 11 is 0. The van der Waals surface area contributed by atoms with Gasteiger partial charge in [0.15, 0.2) is 0 Å². The summed E-state index contributed by atoms with van der Waals surface area (Å²) < 4.78 is 0. The van der Waals surface area contributed by atoms with Crippen LogP contribution in [0.15, 0.2) is 0 Å². The van der Waals surface area contributed by atoms with Gasteiger partial charge >= 0.3 is 0 Å². The molecular weight excluding hydrogens is 158 g/mol. The molecule has 1 nitrogen and oxygen atoms in total. The fourth-order valence-electron chi connectivity index (χ4n) is 3.78. The van der Waals surface area contributed by atoms with Crippen LogP contribution in [0.4, 0.5) is 0 Å². The fraction of sp³-hybridized carbons (Fsp3) is 1.00. The van der Waals surface area contributed by atoms with E-state index in [4.69, 9.17) is 0 Å². The van der Waals surface area contributed by atoms with Crippen LogP contribution in [0.3, 0.4) is 0 Å². The van der Waals surface area contributed by atoms with Crippen molar-refractivity contribution >= 4 is 0 Å². The largest absolute Gasteiger partial charge is 0.313 e. The maximum absolute atomic E-state index is 3.67. The third-order valence-corrected chi connectivity index (χ3v) is 4.43. The Bertz CT molecular complexity index is 186. The van der Waals surface area contributed by atoms with Crippen molar-refractivity contribution in [2.45, 2.75) is 52.5 Å². The van der Waals surface area contributed by atoms with E-state index < -0.39 is 0 Å². The minimum atomic E-state index is 0.571. The van der Waals surface area contributed by atoms with Gasteiger partial charge in [0.05, 0.1) is 0 Å². The zero-order chi connectivity index (χ0) is 9.47. The Morgan fingerprint density at radius 3 is 2.62 bits per heavy atom. The predicted molar refractivity (Wildman–Crippen MR) is 56.7 cm³/mol. The van der Waals surface area contributed by atoms with Crippen LogP contribution in [-0.2, 0) is 0 Å². The van der Waals surface area contributed by atoms with Crippen LogP contribution in [0.2, 0.25) is 0 Å². The molecule has 0 radical (unpaired) electrons. The van der Waals surface area contributed by atoms with Crippen molar-refractivity contribution in [1.82, 2.24) is 5.32 Å². The molecule has 2 fully saturated rings. The second kappa shape index (κ2) is 3.27. The number of fused-ring (bicyclic) bond motifs is 1. The van der Waals surface area contributed by atoms with Crippen molar-refractivity contribution in [2.75, 3.05) is 6.54 Å². The topological polar surface area (TPSA) is 12.0 Å². The summed E-state index contributed by atoms with van der Waals surface area (Å²) in [7, 11) is 0. The zero-order valence-electron chi connectivity index (χ0n) is 9.27. The number of hydrogen-bond acceptors (Lipinski definition) is 1. The predicted octanol–water partition coefficient (Wildman–Crippen LogP) is 2.81. The molecule has 0 aromatic carbocycles. The van der Waals surface area contributed by atoms with E-state index in [1.54, 1.807) is 0 Å². The fourth-order valence-corrected chi connectivity index (χ4v) is 3.78. The van der Waals surface area contributed by atoms with E-state index in [0.717, 1.165) is 24.4 Å². The van der Waals surface area contributed by atoms with Crippen LogP contribution in [0.1, 0.15) is 46.5 Å². The van der Waals surface area contributed by atoms with Gasteiger partial charge in [-0.1, -0.05) is 33.6 Å². The lowest BCUT2D eigenvalue weighted by Gasteiger charge is -2.61. The standard InChI is InChI=1S/C12H23N/c1-4-13-11-9-7-5-6-8-10(9)12(11,2)3/h9-11,13H,4-8H2,1-3H3. The van der Waals surface area contributed by atoms with Gasteiger partial charge in [-0.2, -0.15) is 0 Å². The molecule has 0 bridgehead atoms. The molecule has 0 heterocycles. The Hall–Kier alpha value is -0.0400. The van der Waals surface area contributed by atoms with E-state index in [9.17, 15) is 0 Å². The van der Waals surface area contributed by atoms with Gasteiger partial charge in [-0.15, -0.1) is 0 Å². The molecule has 2 aliphatic carbocycles. The summed E-state index contributed by atoms with van der Waals surface area (Å²) in [6, 6.07) is 0.808. The van der Waals surface area contributed by atoms with Crippen molar-refractivity contribution < 1.29 is 0 Å². The van der Waals surface area contributed by atoms with Crippen LogP contribution in [0, 0.1) is 17.3 Å². The van der Waals surface area contributed by atoms with Crippen LogP contribution >= 0.6 is 0 Å². The Morgan fingerprint density at radius 2 is 1.92 bits per heavy atom. The first kappa shape index (κ1) is 9.51. The Morgan fingerprint density at radius 1 is 1.23 bits per heavy atom. The first-order valence-electron chi connectivity index (χ1n) is 5.91. The van der Waals surface area contributed by atoms with Gasteiger partial charge in [0.2, 0.25) is 0 Å². The molecule has 1 heteroatoms. The van der Waals surface area contributed by atoms with Crippen molar-refractivity contribution in [3.63, 3.8) is 0 Å².